The molecule has 3 rings (SSSR count). The van der Waals surface area contributed by atoms with Crippen LogP contribution in [0.1, 0.15) is 15.3 Å². The summed E-state index contributed by atoms with van der Waals surface area (Å²) in [5.74, 6) is 0. The van der Waals surface area contributed by atoms with Crippen LogP contribution in [0.2, 0.25) is 0 Å². The van der Waals surface area contributed by atoms with Crippen LogP contribution in [0.5, 0.6) is 0 Å². The molecule has 1 aliphatic rings. The second-order valence-electron chi connectivity index (χ2n) is 4.85. The molecule has 2 aromatic rings. The summed E-state index contributed by atoms with van der Waals surface area (Å²) in [5.41, 5.74) is 1.37. The molecule has 3 heterocycles. The Morgan fingerprint density at radius 1 is 1.38 bits per heavy atom. The molecule has 0 amide bonds. The van der Waals surface area contributed by atoms with Gasteiger partial charge in [0, 0.05) is 31.1 Å². The van der Waals surface area contributed by atoms with Gasteiger partial charge in [0.25, 0.3) is 0 Å². The molecule has 2 aromatic heterocycles. The predicted molar refractivity (Wildman–Crippen MR) is 78.9 cm³/mol. The minimum Gasteiger partial charge on any atom is -0.360 e. The van der Waals surface area contributed by atoms with Gasteiger partial charge in [-0.15, -0.1) is 11.3 Å². The van der Waals surface area contributed by atoms with Gasteiger partial charge in [-0.1, -0.05) is 11.3 Å². The number of thiazole rings is 1. The Balaban J connectivity index is 1.48. The standard InChI is InChI=1S/C13H14F3N3S2/c14-13(15,16)11-7-18-12(21-11)17-3-5-19-4-1-10-9(8-19)2-6-20-10/h2,6-7H,1,3-5,8H2,(H,17,18). The largest absolute Gasteiger partial charge is 0.427 e. The monoisotopic (exact) mass is 333 g/mol. The summed E-state index contributed by atoms with van der Waals surface area (Å²) < 4.78 is 37.4. The fourth-order valence-corrected chi connectivity index (χ4v) is 3.90. The van der Waals surface area contributed by atoms with Gasteiger partial charge in [-0.3, -0.25) is 4.90 Å². The minimum atomic E-state index is -4.31. The molecule has 0 spiro atoms. The molecule has 0 aromatic carbocycles. The topological polar surface area (TPSA) is 28.2 Å². The zero-order valence-corrected chi connectivity index (χ0v) is 12.7. The fraction of sp³-hybridized carbons (Fsp3) is 0.462. The highest BCUT2D eigenvalue weighted by Gasteiger charge is 2.33. The highest BCUT2D eigenvalue weighted by Crippen LogP contribution is 2.34. The lowest BCUT2D eigenvalue weighted by molar-refractivity contribution is -0.134. The summed E-state index contributed by atoms with van der Waals surface area (Å²) in [6, 6.07) is 2.15. The summed E-state index contributed by atoms with van der Waals surface area (Å²) >= 11 is 2.45. The fourth-order valence-electron chi connectivity index (χ4n) is 2.31. The lowest BCUT2D eigenvalue weighted by atomic mass is 10.1. The van der Waals surface area contributed by atoms with Crippen LogP contribution in [0.15, 0.2) is 17.6 Å². The Kier molecular flexibility index (Phi) is 4.19. The number of halogens is 3. The predicted octanol–water partition coefficient (Wildman–Crippen LogP) is 3.69. The minimum absolute atomic E-state index is 0.329. The van der Waals surface area contributed by atoms with Crippen molar-refractivity contribution in [1.29, 1.82) is 0 Å². The number of hydrogen-bond donors (Lipinski definition) is 1. The number of nitrogens with one attached hydrogen (secondary N) is 1. The van der Waals surface area contributed by atoms with Gasteiger partial charge in [0.15, 0.2) is 5.13 Å². The van der Waals surface area contributed by atoms with Crippen LogP contribution in [0, 0.1) is 0 Å². The number of alkyl halides is 3. The quantitative estimate of drug-likeness (QED) is 0.925. The van der Waals surface area contributed by atoms with E-state index < -0.39 is 11.1 Å². The molecule has 3 nitrogen and oxygen atoms in total. The first-order valence-electron chi connectivity index (χ1n) is 6.57. The maximum Gasteiger partial charge on any atom is 0.427 e. The first kappa shape index (κ1) is 14.8. The second-order valence-corrected chi connectivity index (χ2v) is 6.88. The van der Waals surface area contributed by atoms with Gasteiger partial charge in [0.2, 0.25) is 0 Å². The Morgan fingerprint density at radius 3 is 3.00 bits per heavy atom. The van der Waals surface area contributed by atoms with Crippen LogP contribution >= 0.6 is 22.7 Å². The van der Waals surface area contributed by atoms with Crippen molar-refractivity contribution < 1.29 is 13.2 Å². The van der Waals surface area contributed by atoms with E-state index in [1.807, 2.05) is 0 Å². The van der Waals surface area contributed by atoms with Crippen molar-refractivity contribution >= 4 is 27.8 Å². The molecule has 0 saturated heterocycles. The van der Waals surface area contributed by atoms with Crippen LogP contribution in [0.4, 0.5) is 18.3 Å². The highest BCUT2D eigenvalue weighted by atomic mass is 32.1. The van der Waals surface area contributed by atoms with Crippen molar-refractivity contribution in [3.8, 4) is 0 Å². The van der Waals surface area contributed by atoms with E-state index in [0.717, 1.165) is 32.3 Å². The number of anilines is 1. The molecule has 0 radical (unpaired) electrons. The van der Waals surface area contributed by atoms with E-state index in [0.29, 0.717) is 23.0 Å². The molecule has 114 valence electrons. The van der Waals surface area contributed by atoms with Crippen molar-refractivity contribution in [2.75, 3.05) is 25.0 Å². The van der Waals surface area contributed by atoms with Crippen molar-refractivity contribution in [3.05, 3.63) is 33.0 Å². The zero-order chi connectivity index (χ0) is 14.9. The Bertz CT molecular complexity index is 606. The van der Waals surface area contributed by atoms with Crippen molar-refractivity contribution in [3.63, 3.8) is 0 Å². The number of thiophene rings is 1. The number of nitrogens with zero attached hydrogens (tertiary/aromatic N) is 2. The van der Waals surface area contributed by atoms with E-state index in [4.69, 9.17) is 0 Å². The van der Waals surface area contributed by atoms with E-state index in [9.17, 15) is 13.2 Å². The molecular weight excluding hydrogens is 319 g/mol. The van der Waals surface area contributed by atoms with E-state index in [1.165, 1.54) is 10.4 Å². The molecule has 21 heavy (non-hydrogen) atoms. The molecule has 0 aliphatic carbocycles. The van der Waals surface area contributed by atoms with Crippen molar-refractivity contribution in [1.82, 2.24) is 9.88 Å². The van der Waals surface area contributed by atoms with Gasteiger partial charge in [-0.05, 0) is 23.4 Å². The molecule has 1 aliphatic heterocycles. The number of rotatable bonds is 4. The molecule has 8 heteroatoms. The second kappa shape index (κ2) is 5.94. The van der Waals surface area contributed by atoms with E-state index in [2.05, 4.69) is 26.6 Å². The van der Waals surface area contributed by atoms with Crippen LogP contribution < -0.4 is 5.32 Å². The van der Waals surface area contributed by atoms with Crippen LogP contribution in [0.25, 0.3) is 0 Å². The van der Waals surface area contributed by atoms with E-state index >= 15 is 0 Å². The van der Waals surface area contributed by atoms with Gasteiger partial charge in [0.05, 0.1) is 6.20 Å². The van der Waals surface area contributed by atoms with Crippen LogP contribution in [-0.4, -0.2) is 29.5 Å². The smallest absolute Gasteiger partial charge is 0.360 e. The lowest BCUT2D eigenvalue weighted by Crippen LogP contribution is -2.33. The van der Waals surface area contributed by atoms with Gasteiger partial charge in [-0.2, -0.15) is 13.2 Å². The van der Waals surface area contributed by atoms with Gasteiger partial charge in [0.1, 0.15) is 4.88 Å². The third kappa shape index (κ3) is 3.56. The average Bonchev–Trinajstić information content (AvgIpc) is 3.05. The molecule has 0 fully saturated rings. The van der Waals surface area contributed by atoms with Gasteiger partial charge < -0.3 is 5.32 Å². The normalized spacial score (nSPS) is 16.0. The maximum absolute atomic E-state index is 12.5. The van der Waals surface area contributed by atoms with Gasteiger partial charge in [-0.25, -0.2) is 4.98 Å². The number of fused-ring (bicyclic) bond motifs is 1. The molecule has 1 N–H and O–H groups in total. The Morgan fingerprint density at radius 2 is 2.24 bits per heavy atom. The molecule has 0 atom stereocenters. The first-order valence-corrected chi connectivity index (χ1v) is 8.26. The summed E-state index contributed by atoms with van der Waals surface area (Å²) in [6.07, 6.45) is -2.37. The third-order valence-corrected chi connectivity index (χ3v) is 5.40. The lowest BCUT2D eigenvalue weighted by Gasteiger charge is -2.26. The maximum atomic E-state index is 12.5. The van der Waals surface area contributed by atoms with Crippen LogP contribution in [-0.2, 0) is 19.1 Å². The first-order chi connectivity index (χ1) is 10.0. The zero-order valence-electron chi connectivity index (χ0n) is 11.1. The molecule has 0 bridgehead atoms. The summed E-state index contributed by atoms with van der Waals surface area (Å²) in [6.45, 7) is 3.33. The summed E-state index contributed by atoms with van der Waals surface area (Å²) in [4.78, 5) is 6.86. The summed E-state index contributed by atoms with van der Waals surface area (Å²) in [7, 11) is 0. The SMILES string of the molecule is FC(F)(F)c1cnc(NCCN2CCc3sccc3C2)s1. The summed E-state index contributed by atoms with van der Waals surface area (Å²) in [5, 5.41) is 5.41. The Hall–Kier alpha value is -1.12. The molecule has 0 unspecified atom stereocenters. The van der Waals surface area contributed by atoms with E-state index in [-0.39, 0.29) is 0 Å². The Labute approximate surface area is 128 Å². The van der Waals surface area contributed by atoms with Crippen molar-refractivity contribution in [2.24, 2.45) is 0 Å². The highest BCUT2D eigenvalue weighted by molar-refractivity contribution is 7.15. The molecule has 0 saturated carbocycles. The van der Waals surface area contributed by atoms with Gasteiger partial charge >= 0.3 is 6.18 Å². The van der Waals surface area contributed by atoms with Crippen molar-refractivity contribution in [2.45, 2.75) is 19.1 Å². The average molecular weight is 333 g/mol. The van der Waals surface area contributed by atoms with Crippen LogP contribution in [0.3, 0.4) is 0 Å². The number of hydrogen-bond acceptors (Lipinski definition) is 5. The number of aromatic nitrogens is 1. The third-order valence-electron chi connectivity index (χ3n) is 3.38. The molecular formula is C13H14F3N3S2. The van der Waals surface area contributed by atoms with E-state index in [1.54, 1.807) is 11.3 Å².